The normalized spacial score (nSPS) is 12.7. The SMILES string of the molecule is CCCCCC(O[S])c1ccc(Cl)cc1. The Morgan fingerprint density at radius 1 is 1.27 bits per heavy atom. The predicted octanol–water partition coefficient (Wildman–Crippen LogP) is 5.09. The summed E-state index contributed by atoms with van der Waals surface area (Å²) in [4.78, 5) is 0. The van der Waals surface area contributed by atoms with E-state index in [4.69, 9.17) is 28.7 Å². The minimum absolute atomic E-state index is 0.0313. The number of rotatable bonds is 6. The van der Waals surface area contributed by atoms with E-state index >= 15 is 0 Å². The second-order valence-electron chi connectivity index (χ2n) is 3.63. The van der Waals surface area contributed by atoms with Gasteiger partial charge in [-0.25, -0.2) is 0 Å². The molecule has 1 atom stereocenters. The average molecular weight is 244 g/mol. The minimum atomic E-state index is 0.0313. The van der Waals surface area contributed by atoms with Gasteiger partial charge in [-0.1, -0.05) is 49.9 Å². The Hall–Kier alpha value is -0.180. The minimum Gasteiger partial charge on any atom is -0.295 e. The summed E-state index contributed by atoms with van der Waals surface area (Å²) < 4.78 is 5.06. The maximum absolute atomic E-state index is 5.82. The number of unbranched alkanes of at least 4 members (excludes halogenated alkanes) is 2. The van der Waals surface area contributed by atoms with Gasteiger partial charge in [0, 0.05) is 5.02 Å². The molecular formula is C12H16ClOS. The molecule has 1 aromatic carbocycles. The lowest BCUT2D eigenvalue weighted by Crippen LogP contribution is -1.98. The first-order valence-electron chi connectivity index (χ1n) is 5.32. The fourth-order valence-electron chi connectivity index (χ4n) is 1.53. The van der Waals surface area contributed by atoms with E-state index in [1.54, 1.807) is 0 Å². The molecule has 0 aliphatic carbocycles. The van der Waals surface area contributed by atoms with Crippen molar-refractivity contribution in [2.24, 2.45) is 0 Å². The van der Waals surface area contributed by atoms with E-state index in [0.717, 1.165) is 23.4 Å². The topological polar surface area (TPSA) is 9.23 Å². The smallest absolute Gasteiger partial charge is 0.0983 e. The van der Waals surface area contributed by atoms with Gasteiger partial charge in [-0.2, -0.15) is 0 Å². The summed E-state index contributed by atoms with van der Waals surface area (Å²) in [7, 11) is 0. The molecular weight excluding hydrogens is 228 g/mol. The Morgan fingerprint density at radius 3 is 2.47 bits per heavy atom. The van der Waals surface area contributed by atoms with Crippen LogP contribution in [0.1, 0.15) is 44.3 Å². The van der Waals surface area contributed by atoms with Gasteiger partial charge in [-0.15, -0.1) is 0 Å². The number of halogens is 1. The summed E-state index contributed by atoms with van der Waals surface area (Å²) >= 11 is 10.5. The van der Waals surface area contributed by atoms with Crippen LogP contribution >= 0.6 is 24.5 Å². The zero-order chi connectivity index (χ0) is 11.1. The van der Waals surface area contributed by atoms with Crippen LogP contribution in [0, 0.1) is 0 Å². The quantitative estimate of drug-likeness (QED) is 0.633. The zero-order valence-electron chi connectivity index (χ0n) is 8.91. The maximum atomic E-state index is 5.82. The van der Waals surface area contributed by atoms with Gasteiger partial charge in [0.2, 0.25) is 0 Å². The Balaban J connectivity index is 2.53. The van der Waals surface area contributed by atoms with Crippen LogP contribution in [0.4, 0.5) is 0 Å². The van der Waals surface area contributed by atoms with Gasteiger partial charge in [-0.3, -0.25) is 4.18 Å². The number of hydrogen-bond donors (Lipinski definition) is 0. The van der Waals surface area contributed by atoms with Crippen LogP contribution in [-0.4, -0.2) is 0 Å². The molecule has 0 aliphatic heterocycles. The molecule has 0 bridgehead atoms. The molecule has 1 radical (unpaired) electrons. The second-order valence-corrected chi connectivity index (χ2v) is 4.26. The molecule has 0 fully saturated rings. The molecule has 0 amide bonds. The first-order chi connectivity index (χ1) is 7.27. The fourth-order valence-corrected chi connectivity index (χ4v) is 1.86. The Kier molecular flexibility index (Phi) is 6.15. The van der Waals surface area contributed by atoms with E-state index < -0.39 is 0 Å². The molecule has 1 rings (SSSR count). The Bertz CT molecular complexity index is 273. The first-order valence-corrected chi connectivity index (χ1v) is 6.03. The summed E-state index contributed by atoms with van der Waals surface area (Å²) in [5, 5.41) is 0.746. The van der Waals surface area contributed by atoms with Crippen LogP contribution < -0.4 is 0 Å². The second kappa shape index (κ2) is 7.15. The molecule has 1 unspecified atom stereocenters. The lowest BCUT2D eigenvalue weighted by molar-refractivity contribution is 0.234. The molecule has 0 N–H and O–H groups in total. The van der Waals surface area contributed by atoms with E-state index in [0.29, 0.717) is 0 Å². The molecule has 0 spiro atoms. The van der Waals surface area contributed by atoms with Crippen molar-refractivity contribution in [1.29, 1.82) is 0 Å². The van der Waals surface area contributed by atoms with Crippen molar-refractivity contribution in [2.45, 2.75) is 38.7 Å². The predicted molar refractivity (Wildman–Crippen MR) is 67.0 cm³/mol. The summed E-state index contributed by atoms with van der Waals surface area (Å²) in [5.74, 6) is 0. The molecule has 0 aromatic heterocycles. The maximum Gasteiger partial charge on any atom is 0.0983 e. The highest BCUT2D eigenvalue weighted by atomic mass is 35.5. The average Bonchev–Trinajstić information content (AvgIpc) is 2.26. The Labute approximate surface area is 102 Å². The molecule has 0 heterocycles. The van der Waals surface area contributed by atoms with Crippen molar-refractivity contribution in [1.82, 2.24) is 0 Å². The lowest BCUT2D eigenvalue weighted by Gasteiger charge is -2.13. The van der Waals surface area contributed by atoms with Crippen LogP contribution in [0.15, 0.2) is 24.3 Å². The molecule has 0 saturated heterocycles. The molecule has 0 aliphatic rings. The van der Waals surface area contributed by atoms with Crippen LogP contribution in [0.25, 0.3) is 0 Å². The highest BCUT2D eigenvalue weighted by Crippen LogP contribution is 2.26. The van der Waals surface area contributed by atoms with Gasteiger partial charge in [0.1, 0.15) is 0 Å². The van der Waals surface area contributed by atoms with Crippen molar-refractivity contribution >= 4 is 24.5 Å². The number of hydrogen-bond acceptors (Lipinski definition) is 1. The van der Waals surface area contributed by atoms with Crippen LogP contribution in [-0.2, 0) is 4.18 Å². The van der Waals surface area contributed by atoms with Crippen molar-refractivity contribution < 1.29 is 4.18 Å². The Morgan fingerprint density at radius 2 is 1.93 bits per heavy atom. The standard InChI is InChI=1S/C12H16ClOS/c1-2-3-4-5-12(14-15)10-6-8-11(13)9-7-10/h6-9,12H,2-5H2,1H3. The molecule has 1 nitrogen and oxygen atoms in total. The van der Waals surface area contributed by atoms with Gasteiger partial charge in [0.15, 0.2) is 0 Å². The van der Waals surface area contributed by atoms with Gasteiger partial charge < -0.3 is 0 Å². The third kappa shape index (κ3) is 4.45. The fraction of sp³-hybridized carbons (Fsp3) is 0.500. The van der Waals surface area contributed by atoms with Gasteiger partial charge >= 0.3 is 0 Å². The van der Waals surface area contributed by atoms with E-state index in [2.05, 4.69) is 6.92 Å². The largest absolute Gasteiger partial charge is 0.295 e. The van der Waals surface area contributed by atoms with E-state index in [9.17, 15) is 0 Å². The van der Waals surface area contributed by atoms with Crippen molar-refractivity contribution in [3.8, 4) is 0 Å². The molecule has 1 aromatic rings. The van der Waals surface area contributed by atoms with Crippen LogP contribution in [0.3, 0.4) is 0 Å². The third-order valence-corrected chi connectivity index (χ3v) is 2.91. The van der Waals surface area contributed by atoms with Crippen molar-refractivity contribution in [3.05, 3.63) is 34.9 Å². The van der Waals surface area contributed by atoms with Crippen molar-refractivity contribution in [3.63, 3.8) is 0 Å². The highest BCUT2D eigenvalue weighted by Gasteiger charge is 2.10. The molecule has 3 heteroatoms. The van der Waals surface area contributed by atoms with Gasteiger partial charge in [0.25, 0.3) is 0 Å². The lowest BCUT2D eigenvalue weighted by atomic mass is 10.0. The first kappa shape index (κ1) is 12.9. The zero-order valence-corrected chi connectivity index (χ0v) is 10.5. The van der Waals surface area contributed by atoms with E-state index in [1.807, 2.05) is 24.3 Å². The van der Waals surface area contributed by atoms with E-state index in [1.165, 1.54) is 12.8 Å². The van der Waals surface area contributed by atoms with Gasteiger partial charge in [-0.05, 0) is 24.1 Å². The molecule has 15 heavy (non-hydrogen) atoms. The third-order valence-electron chi connectivity index (χ3n) is 2.43. The van der Waals surface area contributed by atoms with Crippen molar-refractivity contribution in [2.75, 3.05) is 0 Å². The monoisotopic (exact) mass is 243 g/mol. The summed E-state index contributed by atoms with van der Waals surface area (Å²) in [5.41, 5.74) is 1.12. The van der Waals surface area contributed by atoms with Crippen LogP contribution in [0.2, 0.25) is 5.02 Å². The molecule has 0 saturated carbocycles. The van der Waals surface area contributed by atoms with Gasteiger partial charge in [0.05, 0.1) is 19.0 Å². The number of benzene rings is 1. The van der Waals surface area contributed by atoms with Crippen LogP contribution in [0.5, 0.6) is 0 Å². The summed E-state index contributed by atoms with van der Waals surface area (Å²) in [6, 6.07) is 7.70. The summed E-state index contributed by atoms with van der Waals surface area (Å²) in [6.45, 7) is 2.19. The molecule has 83 valence electrons. The van der Waals surface area contributed by atoms with E-state index in [-0.39, 0.29) is 6.10 Å². The highest BCUT2D eigenvalue weighted by molar-refractivity contribution is 7.75. The summed E-state index contributed by atoms with van der Waals surface area (Å²) in [6.07, 6.45) is 4.61.